The van der Waals surface area contributed by atoms with Crippen molar-refractivity contribution in [3.05, 3.63) is 0 Å². The quantitative estimate of drug-likeness (QED) is 0.547. The van der Waals surface area contributed by atoms with Crippen molar-refractivity contribution >= 4 is 10.8 Å². The summed E-state index contributed by atoms with van der Waals surface area (Å²) in [7, 11) is -3.39. The molecule has 1 aliphatic rings. The molecule has 0 bridgehead atoms. The first-order valence-electron chi connectivity index (χ1n) is 3.03. The molecule has 0 saturated carbocycles. The number of nitrogens with zero attached hydrogens (tertiary/aromatic N) is 1. The number of rotatable bonds is 1. The SMILES string of the molecule is CC(C#N)C1(C)CS1(F)F. The third-order valence-electron chi connectivity index (χ3n) is 2.17. The zero-order valence-corrected chi connectivity index (χ0v) is 6.71. The molecule has 10 heavy (non-hydrogen) atoms. The van der Waals surface area contributed by atoms with Gasteiger partial charge in [0.2, 0.25) is 0 Å². The lowest BCUT2D eigenvalue weighted by Crippen LogP contribution is -2.14. The summed E-state index contributed by atoms with van der Waals surface area (Å²) in [6, 6.07) is 1.86. The first-order valence-corrected chi connectivity index (χ1v) is 4.64. The first-order chi connectivity index (χ1) is 4.44. The summed E-state index contributed by atoms with van der Waals surface area (Å²) in [5.74, 6) is -0.549. The van der Waals surface area contributed by atoms with Crippen LogP contribution in [-0.4, -0.2) is 10.5 Å². The van der Waals surface area contributed by atoms with Gasteiger partial charge < -0.3 is 0 Å². The van der Waals surface area contributed by atoms with E-state index < -0.39 is 21.5 Å². The third kappa shape index (κ3) is 0.807. The number of hydrogen-bond donors (Lipinski definition) is 0. The van der Waals surface area contributed by atoms with Crippen molar-refractivity contribution in [1.29, 1.82) is 5.26 Å². The van der Waals surface area contributed by atoms with E-state index in [4.69, 9.17) is 5.26 Å². The summed E-state index contributed by atoms with van der Waals surface area (Å²) in [6.45, 7) is 3.06. The summed E-state index contributed by atoms with van der Waals surface area (Å²) in [5.41, 5.74) is 0. The smallest absolute Gasteiger partial charge is 0.0784 e. The van der Waals surface area contributed by atoms with Crippen molar-refractivity contribution in [3.63, 3.8) is 0 Å². The van der Waals surface area contributed by atoms with E-state index in [-0.39, 0.29) is 5.75 Å². The average Bonchev–Trinajstić information content (AvgIpc) is 2.32. The Bertz CT molecular complexity index is 198. The molecule has 0 aromatic heterocycles. The summed E-state index contributed by atoms with van der Waals surface area (Å²) in [6.07, 6.45) is 0. The normalized spacial score (nSPS) is 41.5. The van der Waals surface area contributed by atoms with Crippen LogP contribution in [0.2, 0.25) is 0 Å². The second kappa shape index (κ2) is 1.85. The molecule has 0 radical (unpaired) electrons. The molecule has 1 nitrogen and oxygen atoms in total. The van der Waals surface area contributed by atoms with E-state index in [1.54, 1.807) is 6.92 Å². The van der Waals surface area contributed by atoms with Gasteiger partial charge in [0.1, 0.15) is 0 Å². The van der Waals surface area contributed by atoms with Gasteiger partial charge in [-0.1, -0.05) is 0 Å². The van der Waals surface area contributed by atoms with Gasteiger partial charge in [-0.25, -0.2) is 0 Å². The highest BCUT2D eigenvalue weighted by Crippen LogP contribution is 2.80. The van der Waals surface area contributed by atoms with E-state index in [1.165, 1.54) is 6.92 Å². The van der Waals surface area contributed by atoms with Crippen LogP contribution < -0.4 is 0 Å². The van der Waals surface area contributed by atoms with Gasteiger partial charge in [-0.3, -0.25) is 0 Å². The molecule has 1 saturated heterocycles. The number of nitriles is 1. The lowest BCUT2D eigenvalue weighted by molar-refractivity contribution is 0.602. The molecule has 0 aromatic carbocycles. The molecule has 0 amide bonds. The summed E-state index contributed by atoms with van der Waals surface area (Å²) in [5, 5.41) is 8.37. The van der Waals surface area contributed by atoms with Crippen molar-refractivity contribution in [3.8, 4) is 6.07 Å². The topological polar surface area (TPSA) is 23.8 Å². The van der Waals surface area contributed by atoms with Crippen molar-refractivity contribution in [1.82, 2.24) is 0 Å². The van der Waals surface area contributed by atoms with Crippen LogP contribution in [0.5, 0.6) is 0 Å². The standard InChI is InChI=1S/C6H9F2NS/c1-5(3-9)6(2)4-10(6,7)8/h5H,4H2,1-2H3. The largest absolute Gasteiger partial charge is 0.198 e. The fourth-order valence-corrected chi connectivity index (χ4v) is 2.60. The van der Waals surface area contributed by atoms with E-state index in [2.05, 4.69) is 0 Å². The van der Waals surface area contributed by atoms with Gasteiger partial charge in [0.25, 0.3) is 0 Å². The predicted octanol–water partition coefficient (Wildman–Crippen LogP) is 2.49. The van der Waals surface area contributed by atoms with Crippen molar-refractivity contribution in [2.45, 2.75) is 18.6 Å². The molecule has 0 spiro atoms. The molecule has 0 aliphatic carbocycles. The Morgan fingerprint density at radius 2 is 2.10 bits per heavy atom. The second-order valence-electron chi connectivity index (χ2n) is 2.88. The molecular formula is C6H9F2NS. The molecule has 1 aliphatic heterocycles. The van der Waals surface area contributed by atoms with Crippen LogP contribution >= 0.6 is 10.8 Å². The highest BCUT2D eigenvalue weighted by molar-refractivity contribution is 8.32. The molecule has 1 fully saturated rings. The molecule has 0 aromatic rings. The second-order valence-corrected chi connectivity index (χ2v) is 5.25. The van der Waals surface area contributed by atoms with Crippen LogP contribution in [0.3, 0.4) is 0 Å². The first kappa shape index (κ1) is 7.80. The highest BCUT2D eigenvalue weighted by atomic mass is 32.3. The van der Waals surface area contributed by atoms with E-state index in [0.29, 0.717) is 0 Å². The van der Waals surface area contributed by atoms with E-state index in [0.717, 1.165) is 0 Å². The van der Waals surface area contributed by atoms with Gasteiger partial charge in [-0.15, -0.1) is 0 Å². The third-order valence-corrected chi connectivity index (χ3v) is 4.65. The Morgan fingerprint density at radius 3 is 2.20 bits per heavy atom. The monoisotopic (exact) mass is 165 g/mol. The molecule has 4 heteroatoms. The fraction of sp³-hybridized carbons (Fsp3) is 0.833. The van der Waals surface area contributed by atoms with Gasteiger partial charge in [-0.2, -0.15) is 13.0 Å². The maximum atomic E-state index is 12.6. The van der Waals surface area contributed by atoms with Gasteiger partial charge in [-0.05, 0) is 13.8 Å². The van der Waals surface area contributed by atoms with Crippen LogP contribution in [-0.2, 0) is 0 Å². The van der Waals surface area contributed by atoms with E-state index >= 15 is 0 Å². The van der Waals surface area contributed by atoms with Gasteiger partial charge in [0.15, 0.2) is 0 Å². The number of hydrogen-bond acceptors (Lipinski definition) is 1. The Labute approximate surface area is 60.9 Å². The molecular weight excluding hydrogens is 156 g/mol. The zero-order valence-electron chi connectivity index (χ0n) is 5.90. The van der Waals surface area contributed by atoms with E-state index in [1.807, 2.05) is 6.07 Å². The Hall–Kier alpha value is -0.300. The van der Waals surface area contributed by atoms with Crippen molar-refractivity contribution < 1.29 is 7.77 Å². The molecule has 1 heterocycles. The van der Waals surface area contributed by atoms with Crippen LogP contribution in [0, 0.1) is 17.2 Å². The summed E-state index contributed by atoms with van der Waals surface area (Å²) < 4.78 is 24.1. The predicted molar refractivity (Wildman–Crippen MR) is 37.9 cm³/mol. The fourth-order valence-electron chi connectivity index (χ4n) is 0.851. The molecule has 1 rings (SSSR count). The van der Waals surface area contributed by atoms with Gasteiger partial charge >= 0.3 is 0 Å². The maximum Gasteiger partial charge on any atom is 0.0784 e. The molecule has 0 N–H and O–H groups in total. The van der Waals surface area contributed by atoms with Crippen LogP contribution in [0.15, 0.2) is 0 Å². The number of halogens is 2. The van der Waals surface area contributed by atoms with E-state index in [9.17, 15) is 7.77 Å². The van der Waals surface area contributed by atoms with Gasteiger partial charge in [0, 0.05) is 0 Å². The Balaban J connectivity index is 2.70. The summed E-state index contributed by atoms with van der Waals surface area (Å²) >= 11 is 0. The maximum absolute atomic E-state index is 12.6. The Kier molecular flexibility index (Phi) is 1.44. The summed E-state index contributed by atoms with van der Waals surface area (Å²) in [4.78, 5) is 0. The van der Waals surface area contributed by atoms with Crippen LogP contribution in [0.25, 0.3) is 0 Å². The van der Waals surface area contributed by atoms with Crippen molar-refractivity contribution in [2.75, 3.05) is 5.75 Å². The van der Waals surface area contributed by atoms with Crippen LogP contribution in [0.4, 0.5) is 7.77 Å². The zero-order chi connectivity index (χ0) is 7.99. The van der Waals surface area contributed by atoms with Crippen molar-refractivity contribution in [2.24, 2.45) is 5.92 Å². The molecule has 2 atom stereocenters. The average molecular weight is 165 g/mol. The van der Waals surface area contributed by atoms with Crippen LogP contribution in [0.1, 0.15) is 13.8 Å². The lowest BCUT2D eigenvalue weighted by Gasteiger charge is -2.11. The molecule has 58 valence electrons. The molecule has 2 unspecified atom stereocenters. The van der Waals surface area contributed by atoms with Gasteiger partial charge in [0.05, 0.1) is 33.3 Å². The minimum Gasteiger partial charge on any atom is -0.198 e. The minimum absolute atomic E-state index is 0.0469. The lowest BCUT2D eigenvalue weighted by atomic mass is 10.0. The highest BCUT2D eigenvalue weighted by Gasteiger charge is 2.66. The minimum atomic E-state index is -3.39. The Morgan fingerprint density at radius 1 is 1.70 bits per heavy atom.